The molecule has 0 N–H and O–H groups in total. The zero-order valence-electron chi connectivity index (χ0n) is 17.3. The van der Waals surface area contributed by atoms with Crippen LogP contribution in [0.2, 0.25) is 0 Å². The number of benzene rings is 2. The maximum Gasteiger partial charge on any atom is 0.254 e. The smallest absolute Gasteiger partial charge is 0.254 e. The first-order valence-electron chi connectivity index (χ1n) is 10.2. The third-order valence-corrected chi connectivity index (χ3v) is 7.25. The predicted octanol–water partition coefficient (Wildman–Crippen LogP) is 5.18. The van der Waals surface area contributed by atoms with Gasteiger partial charge in [-0.1, -0.05) is 12.1 Å². The summed E-state index contributed by atoms with van der Waals surface area (Å²) in [5.74, 6) is 1.62. The van der Waals surface area contributed by atoms with Gasteiger partial charge in [0.2, 0.25) is 0 Å². The van der Waals surface area contributed by atoms with Gasteiger partial charge < -0.3 is 9.64 Å². The van der Waals surface area contributed by atoms with E-state index in [0.717, 1.165) is 27.7 Å². The second kappa shape index (κ2) is 10.1. The molecule has 4 rings (SSSR count). The molecule has 2 aromatic carbocycles. The van der Waals surface area contributed by atoms with E-state index in [4.69, 9.17) is 4.74 Å². The van der Waals surface area contributed by atoms with Gasteiger partial charge in [0.25, 0.3) is 5.91 Å². The molecule has 0 saturated carbocycles. The maximum atomic E-state index is 13.2. The van der Waals surface area contributed by atoms with Gasteiger partial charge in [-0.25, -0.2) is 4.98 Å². The number of likely N-dealkylation sites (tertiary alicyclic amines) is 1. The summed E-state index contributed by atoms with van der Waals surface area (Å²) < 4.78 is 5.16. The zero-order valence-corrected chi connectivity index (χ0v) is 19.0. The van der Waals surface area contributed by atoms with Gasteiger partial charge in [0, 0.05) is 40.6 Å². The van der Waals surface area contributed by atoms with Gasteiger partial charge >= 0.3 is 0 Å². The number of nitrogens with zero attached hydrogens (tertiary/aromatic N) is 2. The standard InChI is InChI=1S/C24H24N2O3S2/c1-29-20-8-6-17(7-9-20)23(27)18-10-12-26(13-11-18)24(28)21-4-2-3-5-22(21)31-15-19-14-30-16-25-19/h2-9,14,16,18H,10-13,15H2,1H3. The van der Waals surface area contributed by atoms with Crippen molar-refractivity contribution in [1.29, 1.82) is 0 Å². The Kier molecular flexibility index (Phi) is 7.04. The molecule has 0 radical (unpaired) electrons. The molecule has 160 valence electrons. The van der Waals surface area contributed by atoms with Gasteiger partial charge in [-0.15, -0.1) is 23.1 Å². The molecule has 7 heteroatoms. The lowest BCUT2D eigenvalue weighted by molar-refractivity contribution is 0.0647. The summed E-state index contributed by atoms with van der Waals surface area (Å²) in [5.41, 5.74) is 4.27. The highest BCUT2D eigenvalue weighted by Gasteiger charge is 2.29. The van der Waals surface area contributed by atoms with Gasteiger partial charge in [-0.3, -0.25) is 9.59 Å². The molecule has 1 aliphatic rings. The Labute approximate surface area is 190 Å². The largest absolute Gasteiger partial charge is 0.497 e. The van der Waals surface area contributed by atoms with Crippen molar-refractivity contribution < 1.29 is 14.3 Å². The Morgan fingerprint density at radius 3 is 2.55 bits per heavy atom. The SMILES string of the molecule is COc1ccc(C(=O)C2CCN(C(=O)c3ccccc3SCc3cscn3)CC2)cc1. The molecule has 2 heterocycles. The van der Waals surface area contributed by atoms with Crippen molar-refractivity contribution in [1.82, 2.24) is 9.88 Å². The van der Waals surface area contributed by atoms with Crippen LogP contribution < -0.4 is 4.74 Å². The Balaban J connectivity index is 1.37. The normalized spacial score (nSPS) is 14.4. The number of piperidine rings is 1. The fraction of sp³-hybridized carbons (Fsp3) is 0.292. The monoisotopic (exact) mass is 452 g/mol. The maximum absolute atomic E-state index is 13.2. The molecular weight excluding hydrogens is 428 g/mol. The molecule has 0 aliphatic carbocycles. The molecule has 1 saturated heterocycles. The van der Waals surface area contributed by atoms with Crippen LogP contribution in [0.5, 0.6) is 5.75 Å². The van der Waals surface area contributed by atoms with E-state index in [-0.39, 0.29) is 17.6 Å². The molecule has 0 unspecified atom stereocenters. The number of carbonyl (C=O) groups is 2. The molecule has 31 heavy (non-hydrogen) atoms. The minimum absolute atomic E-state index is 0.0386. The van der Waals surface area contributed by atoms with Crippen LogP contribution >= 0.6 is 23.1 Å². The summed E-state index contributed by atoms with van der Waals surface area (Å²) in [4.78, 5) is 33.2. The van der Waals surface area contributed by atoms with E-state index in [1.807, 2.05) is 64.3 Å². The van der Waals surface area contributed by atoms with Crippen molar-refractivity contribution in [3.05, 3.63) is 76.2 Å². The number of hydrogen-bond donors (Lipinski definition) is 0. The fourth-order valence-corrected chi connectivity index (χ4v) is 5.35. The third kappa shape index (κ3) is 5.17. The Morgan fingerprint density at radius 2 is 1.87 bits per heavy atom. The number of amides is 1. The summed E-state index contributed by atoms with van der Waals surface area (Å²) in [6.07, 6.45) is 1.37. The van der Waals surface area contributed by atoms with Gasteiger partial charge in [-0.05, 0) is 49.2 Å². The first-order valence-corrected chi connectivity index (χ1v) is 12.1. The number of carbonyl (C=O) groups excluding carboxylic acids is 2. The van der Waals surface area contributed by atoms with Crippen molar-refractivity contribution >= 4 is 34.8 Å². The van der Waals surface area contributed by atoms with Gasteiger partial charge in [0.05, 0.1) is 23.9 Å². The minimum atomic E-state index is -0.0493. The second-order valence-corrected chi connectivity index (χ2v) is 9.16. The van der Waals surface area contributed by atoms with E-state index in [0.29, 0.717) is 31.5 Å². The number of hydrogen-bond acceptors (Lipinski definition) is 6. The van der Waals surface area contributed by atoms with E-state index in [1.165, 1.54) is 0 Å². The Hall–Kier alpha value is -2.64. The van der Waals surface area contributed by atoms with Gasteiger partial charge in [0.15, 0.2) is 5.78 Å². The third-order valence-electron chi connectivity index (χ3n) is 5.50. The van der Waals surface area contributed by atoms with E-state index in [2.05, 4.69) is 4.98 Å². The highest BCUT2D eigenvalue weighted by atomic mass is 32.2. The number of aromatic nitrogens is 1. The van der Waals surface area contributed by atoms with E-state index in [9.17, 15) is 9.59 Å². The molecule has 0 bridgehead atoms. The number of methoxy groups -OCH3 is 1. The van der Waals surface area contributed by atoms with Crippen molar-refractivity contribution in [3.8, 4) is 5.75 Å². The van der Waals surface area contributed by atoms with Gasteiger partial charge in [-0.2, -0.15) is 0 Å². The minimum Gasteiger partial charge on any atom is -0.497 e. The lowest BCUT2D eigenvalue weighted by Crippen LogP contribution is -2.40. The van der Waals surface area contributed by atoms with Crippen molar-refractivity contribution in [2.45, 2.75) is 23.5 Å². The molecular formula is C24H24N2O3S2. The Bertz CT molecular complexity index is 1030. The van der Waals surface area contributed by atoms with E-state index in [1.54, 1.807) is 30.2 Å². The topological polar surface area (TPSA) is 59.5 Å². The van der Waals surface area contributed by atoms with Crippen molar-refractivity contribution in [2.75, 3.05) is 20.2 Å². The molecule has 1 aliphatic heterocycles. The molecule has 1 amide bonds. The van der Waals surface area contributed by atoms with Crippen molar-refractivity contribution in [2.24, 2.45) is 5.92 Å². The lowest BCUT2D eigenvalue weighted by Gasteiger charge is -2.31. The predicted molar refractivity (Wildman–Crippen MR) is 124 cm³/mol. The van der Waals surface area contributed by atoms with E-state index >= 15 is 0 Å². The number of thiazole rings is 1. The van der Waals surface area contributed by atoms with Crippen LogP contribution in [0.25, 0.3) is 0 Å². The number of thioether (sulfide) groups is 1. The van der Waals surface area contributed by atoms with Crippen LogP contribution in [0, 0.1) is 5.92 Å². The molecule has 5 nitrogen and oxygen atoms in total. The molecule has 1 fully saturated rings. The zero-order chi connectivity index (χ0) is 21.6. The number of ether oxygens (including phenoxy) is 1. The fourth-order valence-electron chi connectivity index (χ4n) is 3.74. The summed E-state index contributed by atoms with van der Waals surface area (Å²) in [6, 6.07) is 15.0. The number of ketones is 1. The number of rotatable bonds is 7. The molecule has 3 aromatic rings. The summed E-state index contributed by atoms with van der Waals surface area (Å²) in [6.45, 7) is 1.19. The Morgan fingerprint density at radius 1 is 1.13 bits per heavy atom. The summed E-state index contributed by atoms with van der Waals surface area (Å²) >= 11 is 3.21. The summed E-state index contributed by atoms with van der Waals surface area (Å²) in [7, 11) is 1.61. The first kappa shape index (κ1) is 21.6. The quantitative estimate of drug-likeness (QED) is 0.365. The van der Waals surface area contributed by atoms with Crippen LogP contribution in [-0.2, 0) is 5.75 Å². The van der Waals surface area contributed by atoms with Crippen molar-refractivity contribution in [3.63, 3.8) is 0 Å². The van der Waals surface area contributed by atoms with Crippen LogP contribution in [-0.4, -0.2) is 41.8 Å². The lowest BCUT2D eigenvalue weighted by atomic mass is 9.88. The highest BCUT2D eigenvalue weighted by molar-refractivity contribution is 7.98. The average Bonchev–Trinajstić information content (AvgIpc) is 3.36. The molecule has 0 spiro atoms. The highest BCUT2D eigenvalue weighted by Crippen LogP contribution is 2.29. The molecule has 0 atom stereocenters. The van der Waals surface area contributed by atoms with Crippen LogP contribution in [0.1, 0.15) is 39.3 Å². The van der Waals surface area contributed by atoms with Crippen LogP contribution in [0.4, 0.5) is 0 Å². The molecule has 1 aromatic heterocycles. The average molecular weight is 453 g/mol. The van der Waals surface area contributed by atoms with E-state index < -0.39 is 0 Å². The van der Waals surface area contributed by atoms with Gasteiger partial charge in [0.1, 0.15) is 5.75 Å². The first-order chi connectivity index (χ1) is 15.2. The number of Topliss-reactive ketones (excluding diaryl/α,β-unsaturated/α-hetero) is 1. The second-order valence-electron chi connectivity index (χ2n) is 7.42. The van der Waals surface area contributed by atoms with Crippen LogP contribution in [0.3, 0.4) is 0 Å². The van der Waals surface area contributed by atoms with Crippen LogP contribution in [0.15, 0.2) is 64.3 Å². The summed E-state index contributed by atoms with van der Waals surface area (Å²) in [5, 5.41) is 2.03.